The van der Waals surface area contributed by atoms with Crippen molar-refractivity contribution in [3.8, 4) is 0 Å². The second-order valence-electron chi connectivity index (χ2n) is 7.54. The van der Waals surface area contributed by atoms with E-state index in [9.17, 15) is 8.42 Å². The fourth-order valence-electron chi connectivity index (χ4n) is 4.72. The third kappa shape index (κ3) is 3.15. The van der Waals surface area contributed by atoms with Crippen molar-refractivity contribution >= 4 is 9.84 Å². The van der Waals surface area contributed by atoms with Crippen LogP contribution in [0.4, 0.5) is 0 Å². The zero-order chi connectivity index (χ0) is 17.3. The quantitative estimate of drug-likeness (QED) is 0.692. The second-order valence-corrected chi connectivity index (χ2v) is 9.43. The first-order valence-corrected chi connectivity index (χ1v) is 11.1. The van der Waals surface area contributed by atoms with Gasteiger partial charge in [0.05, 0.1) is 9.79 Å². The van der Waals surface area contributed by atoms with E-state index < -0.39 is 9.84 Å². The van der Waals surface area contributed by atoms with Crippen molar-refractivity contribution in [1.29, 1.82) is 0 Å². The van der Waals surface area contributed by atoms with Crippen LogP contribution in [-0.4, -0.2) is 8.42 Å². The Morgan fingerprint density at radius 2 is 0.960 bits per heavy atom. The summed E-state index contributed by atoms with van der Waals surface area (Å²) >= 11 is 0. The van der Waals surface area contributed by atoms with E-state index in [1.165, 1.54) is 25.7 Å². The van der Waals surface area contributed by atoms with Gasteiger partial charge in [0.2, 0.25) is 9.84 Å². The molecule has 2 nitrogen and oxygen atoms in total. The van der Waals surface area contributed by atoms with Crippen molar-refractivity contribution in [2.45, 2.75) is 73.0 Å². The highest BCUT2D eigenvalue weighted by Crippen LogP contribution is 2.42. The summed E-state index contributed by atoms with van der Waals surface area (Å²) in [6.07, 6.45) is 9.26. The molecule has 4 rings (SSSR count). The minimum absolute atomic E-state index is 0.393. The average Bonchev–Trinajstić information content (AvgIpc) is 3.35. The average molecular weight is 355 g/mol. The van der Waals surface area contributed by atoms with Gasteiger partial charge in [0, 0.05) is 0 Å². The molecule has 0 heterocycles. The SMILES string of the molecule is O=S(=O)(c1ccccc1C1CCCC1)c1ccccc1C1CCCC1. The zero-order valence-electron chi connectivity index (χ0n) is 14.7. The molecule has 2 aliphatic rings. The Balaban J connectivity index is 1.81. The standard InChI is InChI=1S/C22H26O2S/c23-25(24,21-15-7-5-13-19(21)17-9-1-2-10-17)22-16-8-6-14-20(22)18-11-3-4-12-18/h5-8,13-18H,1-4,9-12H2. The van der Waals surface area contributed by atoms with Gasteiger partial charge in [-0.1, -0.05) is 62.1 Å². The van der Waals surface area contributed by atoms with Crippen LogP contribution in [-0.2, 0) is 9.84 Å². The predicted octanol–water partition coefficient (Wildman–Crippen LogP) is 5.83. The fraction of sp³-hybridized carbons (Fsp3) is 0.455. The van der Waals surface area contributed by atoms with E-state index >= 15 is 0 Å². The van der Waals surface area contributed by atoms with Crippen LogP contribution >= 0.6 is 0 Å². The third-order valence-corrected chi connectivity index (χ3v) is 7.91. The lowest BCUT2D eigenvalue weighted by Crippen LogP contribution is -2.11. The number of rotatable bonds is 4. The molecular weight excluding hydrogens is 328 g/mol. The van der Waals surface area contributed by atoms with Crippen LogP contribution in [0.2, 0.25) is 0 Å². The lowest BCUT2D eigenvalue weighted by Gasteiger charge is -2.19. The molecule has 0 radical (unpaired) electrons. The Kier molecular flexibility index (Phi) is 4.68. The minimum atomic E-state index is -3.48. The molecule has 0 aliphatic heterocycles. The van der Waals surface area contributed by atoms with Crippen LogP contribution < -0.4 is 0 Å². The van der Waals surface area contributed by atoms with Gasteiger partial charge in [-0.3, -0.25) is 0 Å². The highest BCUT2D eigenvalue weighted by atomic mass is 32.2. The molecule has 3 heteroatoms. The van der Waals surface area contributed by atoms with Crippen molar-refractivity contribution < 1.29 is 8.42 Å². The van der Waals surface area contributed by atoms with Crippen LogP contribution in [0.5, 0.6) is 0 Å². The molecule has 0 unspecified atom stereocenters. The smallest absolute Gasteiger partial charge is 0.207 e. The maximum atomic E-state index is 13.6. The van der Waals surface area contributed by atoms with Crippen molar-refractivity contribution in [3.63, 3.8) is 0 Å². The van der Waals surface area contributed by atoms with E-state index in [2.05, 4.69) is 0 Å². The normalized spacial score (nSPS) is 19.5. The van der Waals surface area contributed by atoms with Crippen molar-refractivity contribution in [3.05, 3.63) is 59.7 Å². The number of benzene rings is 2. The van der Waals surface area contributed by atoms with Crippen LogP contribution in [0.1, 0.15) is 74.3 Å². The largest absolute Gasteiger partial charge is 0.218 e. The summed E-state index contributed by atoms with van der Waals surface area (Å²) in [5.41, 5.74) is 2.06. The van der Waals surface area contributed by atoms with Gasteiger partial charge >= 0.3 is 0 Å². The topological polar surface area (TPSA) is 34.1 Å². The monoisotopic (exact) mass is 354 g/mol. The maximum absolute atomic E-state index is 13.6. The molecule has 2 saturated carbocycles. The molecule has 25 heavy (non-hydrogen) atoms. The van der Waals surface area contributed by atoms with Gasteiger partial charge in [-0.25, -0.2) is 8.42 Å². The van der Waals surface area contributed by atoms with Gasteiger partial charge in [0.1, 0.15) is 0 Å². The summed E-state index contributed by atoms with van der Waals surface area (Å²) in [5.74, 6) is 0.786. The summed E-state index contributed by atoms with van der Waals surface area (Å²) in [4.78, 5) is 1.07. The highest BCUT2D eigenvalue weighted by Gasteiger charge is 2.30. The maximum Gasteiger partial charge on any atom is 0.207 e. The van der Waals surface area contributed by atoms with Gasteiger partial charge in [0.15, 0.2) is 0 Å². The van der Waals surface area contributed by atoms with Crippen LogP contribution in [0.25, 0.3) is 0 Å². The van der Waals surface area contributed by atoms with E-state index in [4.69, 9.17) is 0 Å². The molecule has 0 amide bonds. The Labute approximate surface area is 151 Å². The molecule has 0 saturated heterocycles. The number of hydrogen-bond donors (Lipinski definition) is 0. The first kappa shape index (κ1) is 16.8. The predicted molar refractivity (Wildman–Crippen MR) is 101 cm³/mol. The van der Waals surface area contributed by atoms with Crippen molar-refractivity contribution in [2.24, 2.45) is 0 Å². The van der Waals surface area contributed by atoms with Crippen LogP contribution in [0.3, 0.4) is 0 Å². The van der Waals surface area contributed by atoms with Gasteiger partial charge in [-0.2, -0.15) is 0 Å². The Hall–Kier alpha value is -1.61. The van der Waals surface area contributed by atoms with Gasteiger partial charge in [0.25, 0.3) is 0 Å². The molecule has 2 aromatic carbocycles. The third-order valence-electron chi connectivity index (χ3n) is 6.01. The van der Waals surface area contributed by atoms with Crippen molar-refractivity contribution in [1.82, 2.24) is 0 Å². The molecule has 0 N–H and O–H groups in total. The van der Waals surface area contributed by atoms with Gasteiger partial charge in [-0.05, 0) is 60.8 Å². The summed E-state index contributed by atoms with van der Waals surface area (Å²) in [7, 11) is -3.48. The summed E-state index contributed by atoms with van der Waals surface area (Å²) in [6.45, 7) is 0. The number of hydrogen-bond acceptors (Lipinski definition) is 2. The van der Waals surface area contributed by atoms with Gasteiger partial charge in [-0.15, -0.1) is 0 Å². The van der Waals surface area contributed by atoms with Gasteiger partial charge < -0.3 is 0 Å². The summed E-state index contributed by atoms with van der Waals surface area (Å²) in [6, 6.07) is 15.4. The molecule has 132 valence electrons. The molecule has 0 atom stereocenters. The van der Waals surface area contributed by atoms with Crippen molar-refractivity contribution in [2.75, 3.05) is 0 Å². The lowest BCUT2D eigenvalue weighted by molar-refractivity contribution is 0.587. The molecule has 0 spiro atoms. The van der Waals surface area contributed by atoms with E-state index in [0.717, 1.165) is 36.8 Å². The fourth-order valence-corrected chi connectivity index (χ4v) is 6.56. The lowest BCUT2D eigenvalue weighted by atomic mass is 9.97. The molecule has 2 fully saturated rings. The molecule has 0 bridgehead atoms. The van der Waals surface area contributed by atoms with Crippen LogP contribution in [0.15, 0.2) is 58.3 Å². The first-order chi connectivity index (χ1) is 12.2. The second kappa shape index (κ2) is 6.95. The minimum Gasteiger partial charge on any atom is -0.218 e. The Bertz CT molecular complexity index is 776. The number of sulfone groups is 1. The van der Waals surface area contributed by atoms with E-state index in [-0.39, 0.29) is 0 Å². The summed E-state index contributed by atoms with van der Waals surface area (Å²) in [5, 5.41) is 0. The van der Waals surface area contributed by atoms with E-state index in [1.807, 2.05) is 48.5 Å². The summed E-state index contributed by atoms with van der Waals surface area (Å²) < 4.78 is 27.2. The van der Waals surface area contributed by atoms with E-state index in [1.54, 1.807) is 0 Å². The molecule has 0 aromatic heterocycles. The molecule has 2 aliphatic carbocycles. The van der Waals surface area contributed by atoms with E-state index in [0.29, 0.717) is 21.6 Å². The molecular formula is C22H26O2S. The zero-order valence-corrected chi connectivity index (χ0v) is 15.5. The highest BCUT2D eigenvalue weighted by molar-refractivity contribution is 7.91. The Morgan fingerprint density at radius 3 is 1.36 bits per heavy atom. The van der Waals surface area contributed by atoms with Crippen LogP contribution in [0, 0.1) is 0 Å². The first-order valence-electron chi connectivity index (χ1n) is 9.61. The molecule has 2 aromatic rings. The Morgan fingerprint density at radius 1 is 0.600 bits per heavy atom.